The number of carbonyl (C=O) groups excluding carboxylic acids is 1. The van der Waals surface area contributed by atoms with Crippen LogP contribution in [-0.2, 0) is 20.2 Å². The number of sulfonamides is 1. The molecule has 0 aliphatic heterocycles. The molecule has 0 fully saturated rings. The Kier molecular flexibility index (Phi) is 6.08. The largest absolute Gasteiger partial charge is 0.326 e. The molecule has 0 aromatic heterocycles. The molecule has 26 heavy (non-hydrogen) atoms. The minimum atomic E-state index is -3.48. The molecule has 0 heterocycles. The molecule has 1 N–H and O–H groups in total. The average Bonchev–Trinajstić information content (AvgIpc) is 2.54. The van der Waals surface area contributed by atoms with Crippen molar-refractivity contribution < 1.29 is 13.2 Å². The lowest BCUT2D eigenvalue weighted by molar-refractivity contribution is -0.116. The van der Waals surface area contributed by atoms with Gasteiger partial charge in [0.25, 0.3) is 0 Å². The second-order valence-electron chi connectivity index (χ2n) is 7.30. The zero-order chi connectivity index (χ0) is 19.4. The summed E-state index contributed by atoms with van der Waals surface area (Å²) in [6.07, 6.45) is 1.22. The van der Waals surface area contributed by atoms with E-state index < -0.39 is 10.0 Å². The summed E-state index contributed by atoms with van der Waals surface area (Å²) in [7, 11) is -3.48. The standard InChI is InChI=1S/C20H26N2O3S/c1-20(2,3)16-10-12-18(13-11-16)22(26(4,24)25)15-14-19(23)21-17-8-6-5-7-9-17/h5-13H,14-15H2,1-4H3,(H,21,23). The number of benzene rings is 2. The highest BCUT2D eigenvalue weighted by molar-refractivity contribution is 7.92. The minimum absolute atomic E-state index is 0.00990. The van der Waals surface area contributed by atoms with Crippen molar-refractivity contribution in [2.45, 2.75) is 32.6 Å². The third-order valence-corrected chi connectivity index (χ3v) is 5.22. The molecular weight excluding hydrogens is 348 g/mol. The van der Waals surface area contributed by atoms with Crippen molar-refractivity contribution in [2.75, 3.05) is 22.4 Å². The molecule has 0 radical (unpaired) electrons. The van der Waals surface area contributed by atoms with Gasteiger partial charge < -0.3 is 5.32 Å². The first-order valence-electron chi connectivity index (χ1n) is 8.50. The van der Waals surface area contributed by atoms with Crippen molar-refractivity contribution in [3.8, 4) is 0 Å². The molecule has 0 aliphatic carbocycles. The Balaban J connectivity index is 2.10. The number of hydrogen-bond donors (Lipinski definition) is 1. The van der Waals surface area contributed by atoms with E-state index in [1.54, 1.807) is 24.3 Å². The van der Waals surface area contributed by atoms with Gasteiger partial charge in [-0.2, -0.15) is 0 Å². The monoisotopic (exact) mass is 374 g/mol. The normalized spacial score (nSPS) is 11.8. The smallest absolute Gasteiger partial charge is 0.232 e. The first-order chi connectivity index (χ1) is 12.1. The van der Waals surface area contributed by atoms with E-state index in [-0.39, 0.29) is 24.3 Å². The first-order valence-corrected chi connectivity index (χ1v) is 10.4. The van der Waals surface area contributed by atoms with E-state index in [1.807, 2.05) is 30.3 Å². The molecule has 140 valence electrons. The highest BCUT2D eigenvalue weighted by Gasteiger charge is 2.20. The molecule has 5 nitrogen and oxygen atoms in total. The number of para-hydroxylation sites is 1. The number of rotatable bonds is 6. The predicted octanol–water partition coefficient (Wildman–Crippen LogP) is 3.78. The van der Waals surface area contributed by atoms with Crippen LogP contribution in [0.5, 0.6) is 0 Å². The van der Waals surface area contributed by atoms with E-state index in [0.717, 1.165) is 11.8 Å². The quantitative estimate of drug-likeness (QED) is 0.837. The highest BCUT2D eigenvalue weighted by atomic mass is 32.2. The van der Waals surface area contributed by atoms with Crippen molar-refractivity contribution in [1.29, 1.82) is 0 Å². The third kappa shape index (κ3) is 5.59. The molecule has 2 rings (SSSR count). The van der Waals surface area contributed by atoms with E-state index in [9.17, 15) is 13.2 Å². The van der Waals surface area contributed by atoms with Crippen LogP contribution in [0.2, 0.25) is 0 Å². The van der Waals surface area contributed by atoms with Gasteiger partial charge in [0.2, 0.25) is 15.9 Å². The number of anilines is 2. The van der Waals surface area contributed by atoms with Crippen molar-refractivity contribution in [3.63, 3.8) is 0 Å². The summed E-state index contributed by atoms with van der Waals surface area (Å²) in [6.45, 7) is 6.39. The van der Waals surface area contributed by atoms with Crippen LogP contribution < -0.4 is 9.62 Å². The molecule has 0 unspecified atom stereocenters. The number of nitrogens with zero attached hydrogens (tertiary/aromatic N) is 1. The number of amides is 1. The van der Waals surface area contributed by atoms with Crippen LogP contribution in [-0.4, -0.2) is 27.1 Å². The zero-order valence-corrected chi connectivity index (χ0v) is 16.5. The number of carbonyl (C=O) groups is 1. The van der Waals surface area contributed by atoms with Gasteiger partial charge in [-0.1, -0.05) is 51.1 Å². The third-order valence-electron chi connectivity index (χ3n) is 4.02. The van der Waals surface area contributed by atoms with Crippen molar-refractivity contribution >= 4 is 27.3 Å². The van der Waals surface area contributed by atoms with Gasteiger partial charge in [-0.05, 0) is 35.2 Å². The van der Waals surface area contributed by atoms with Crippen LogP contribution in [0.4, 0.5) is 11.4 Å². The van der Waals surface area contributed by atoms with Crippen LogP contribution in [0.3, 0.4) is 0 Å². The Morgan fingerprint density at radius 2 is 1.58 bits per heavy atom. The lowest BCUT2D eigenvalue weighted by Gasteiger charge is -2.24. The molecule has 2 aromatic carbocycles. The summed E-state index contributed by atoms with van der Waals surface area (Å²) in [5, 5.41) is 2.77. The van der Waals surface area contributed by atoms with E-state index >= 15 is 0 Å². The van der Waals surface area contributed by atoms with Gasteiger partial charge in [0, 0.05) is 18.7 Å². The van der Waals surface area contributed by atoms with Gasteiger partial charge in [-0.25, -0.2) is 8.42 Å². The van der Waals surface area contributed by atoms with Gasteiger partial charge in [0.05, 0.1) is 11.9 Å². The fraction of sp³-hybridized carbons (Fsp3) is 0.350. The fourth-order valence-corrected chi connectivity index (χ4v) is 3.49. The van der Waals surface area contributed by atoms with E-state index in [0.29, 0.717) is 11.4 Å². The summed E-state index contributed by atoms with van der Waals surface area (Å²) in [5.74, 6) is -0.226. The minimum Gasteiger partial charge on any atom is -0.326 e. The van der Waals surface area contributed by atoms with Gasteiger partial charge in [-0.3, -0.25) is 9.10 Å². The van der Waals surface area contributed by atoms with Crippen LogP contribution >= 0.6 is 0 Å². The Labute approximate surface area is 156 Å². The summed E-state index contributed by atoms with van der Waals surface area (Å²) in [6, 6.07) is 16.5. The second-order valence-corrected chi connectivity index (χ2v) is 9.20. The molecule has 2 aromatic rings. The highest BCUT2D eigenvalue weighted by Crippen LogP contribution is 2.26. The zero-order valence-electron chi connectivity index (χ0n) is 15.7. The fourth-order valence-electron chi connectivity index (χ4n) is 2.56. The lowest BCUT2D eigenvalue weighted by atomic mass is 9.87. The van der Waals surface area contributed by atoms with Crippen molar-refractivity contribution in [3.05, 3.63) is 60.2 Å². The molecule has 0 saturated carbocycles. The SMILES string of the molecule is CC(C)(C)c1ccc(N(CCC(=O)Nc2ccccc2)S(C)(=O)=O)cc1. The summed E-state index contributed by atoms with van der Waals surface area (Å²) in [5.41, 5.74) is 2.37. The lowest BCUT2D eigenvalue weighted by Crippen LogP contribution is -2.33. The molecular formula is C20H26N2O3S. The molecule has 0 aliphatic rings. The van der Waals surface area contributed by atoms with Crippen LogP contribution in [0.15, 0.2) is 54.6 Å². The van der Waals surface area contributed by atoms with Crippen molar-refractivity contribution in [2.24, 2.45) is 0 Å². The van der Waals surface area contributed by atoms with E-state index in [4.69, 9.17) is 0 Å². The summed E-state index contributed by atoms with van der Waals surface area (Å²) < 4.78 is 25.6. The molecule has 0 saturated heterocycles. The van der Waals surface area contributed by atoms with Crippen LogP contribution in [0.25, 0.3) is 0 Å². The Morgan fingerprint density at radius 1 is 1.00 bits per heavy atom. The maximum absolute atomic E-state index is 12.2. The van der Waals surface area contributed by atoms with Gasteiger partial charge in [0.15, 0.2) is 0 Å². The Bertz CT molecular complexity index is 839. The molecule has 0 bridgehead atoms. The summed E-state index contributed by atoms with van der Waals surface area (Å²) in [4.78, 5) is 12.1. The maximum atomic E-state index is 12.2. The number of hydrogen-bond acceptors (Lipinski definition) is 3. The van der Waals surface area contributed by atoms with Crippen LogP contribution in [0.1, 0.15) is 32.8 Å². The molecule has 0 atom stereocenters. The second kappa shape index (κ2) is 7.91. The Hall–Kier alpha value is -2.34. The average molecular weight is 375 g/mol. The Morgan fingerprint density at radius 3 is 2.08 bits per heavy atom. The van der Waals surface area contributed by atoms with E-state index in [2.05, 4.69) is 26.1 Å². The molecule has 1 amide bonds. The predicted molar refractivity (Wildman–Crippen MR) is 107 cm³/mol. The van der Waals surface area contributed by atoms with E-state index in [1.165, 1.54) is 4.31 Å². The van der Waals surface area contributed by atoms with Crippen LogP contribution in [0, 0.1) is 0 Å². The topological polar surface area (TPSA) is 66.5 Å². The molecule has 6 heteroatoms. The van der Waals surface area contributed by atoms with Gasteiger partial charge in [-0.15, -0.1) is 0 Å². The summed E-state index contributed by atoms with van der Waals surface area (Å²) >= 11 is 0. The number of nitrogens with one attached hydrogen (secondary N) is 1. The van der Waals surface area contributed by atoms with Gasteiger partial charge in [0.1, 0.15) is 0 Å². The maximum Gasteiger partial charge on any atom is 0.232 e. The van der Waals surface area contributed by atoms with Gasteiger partial charge >= 0.3 is 0 Å². The van der Waals surface area contributed by atoms with Crippen molar-refractivity contribution in [1.82, 2.24) is 0 Å². The molecule has 0 spiro atoms. The first kappa shape index (κ1) is 20.0.